The zero-order valence-corrected chi connectivity index (χ0v) is 13.2. The first-order chi connectivity index (χ1) is 8.28. The van der Waals surface area contributed by atoms with Crippen molar-refractivity contribution in [3.05, 3.63) is 15.0 Å². The van der Waals surface area contributed by atoms with Crippen molar-refractivity contribution in [3.63, 3.8) is 0 Å². The molecule has 1 unspecified atom stereocenters. The molecule has 0 aromatic carbocycles. The van der Waals surface area contributed by atoms with E-state index < -0.39 is 5.60 Å². The highest BCUT2D eigenvalue weighted by Gasteiger charge is 2.31. The molecule has 0 saturated heterocycles. The second kappa shape index (κ2) is 4.71. The van der Waals surface area contributed by atoms with Gasteiger partial charge in [-0.2, -0.15) is 5.10 Å². The molecule has 0 aliphatic carbocycles. The van der Waals surface area contributed by atoms with Gasteiger partial charge in [-0.05, 0) is 43.4 Å². The van der Waals surface area contributed by atoms with Crippen molar-refractivity contribution in [1.82, 2.24) is 15.1 Å². The number of H-pyrrole nitrogens is 1. The number of rotatable bonds is 0. The summed E-state index contributed by atoms with van der Waals surface area (Å²) >= 11 is 2.19. The predicted octanol–water partition coefficient (Wildman–Crippen LogP) is 2.87. The Morgan fingerprint density at radius 1 is 1.56 bits per heavy atom. The van der Waals surface area contributed by atoms with E-state index in [1.165, 1.54) is 0 Å². The van der Waals surface area contributed by atoms with Crippen LogP contribution in [0.4, 0.5) is 4.79 Å². The van der Waals surface area contributed by atoms with Crippen molar-refractivity contribution < 1.29 is 9.53 Å². The van der Waals surface area contributed by atoms with Gasteiger partial charge in [0.05, 0.1) is 6.54 Å². The van der Waals surface area contributed by atoms with E-state index >= 15 is 0 Å². The summed E-state index contributed by atoms with van der Waals surface area (Å²) in [7, 11) is 0. The van der Waals surface area contributed by atoms with Crippen LogP contribution in [-0.4, -0.2) is 33.3 Å². The molecule has 0 spiro atoms. The lowest BCUT2D eigenvalue weighted by molar-refractivity contribution is 0.0208. The van der Waals surface area contributed by atoms with Gasteiger partial charge in [0.25, 0.3) is 0 Å². The van der Waals surface area contributed by atoms with E-state index in [1.54, 1.807) is 4.90 Å². The average molecular weight is 363 g/mol. The fraction of sp³-hybridized carbons (Fsp3) is 0.667. The maximum Gasteiger partial charge on any atom is 0.410 e. The normalized spacial score (nSPS) is 19.6. The second-order valence-electron chi connectivity index (χ2n) is 5.67. The molecule has 0 radical (unpaired) electrons. The molecule has 1 aromatic rings. The Hall–Kier alpha value is -0.790. The lowest BCUT2D eigenvalue weighted by Crippen LogP contribution is -2.41. The number of hydrogen-bond donors (Lipinski definition) is 1. The van der Waals surface area contributed by atoms with E-state index in [1.807, 2.05) is 20.8 Å². The molecule has 1 aliphatic rings. The molecule has 2 heterocycles. The summed E-state index contributed by atoms with van der Waals surface area (Å²) in [5.41, 5.74) is 1.80. The quantitative estimate of drug-likeness (QED) is 0.722. The van der Waals surface area contributed by atoms with Crippen LogP contribution in [0.25, 0.3) is 0 Å². The second-order valence-corrected chi connectivity index (χ2v) is 6.69. The van der Waals surface area contributed by atoms with Crippen LogP contribution in [0.15, 0.2) is 0 Å². The number of aromatic amines is 1. The van der Waals surface area contributed by atoms with Gasteiger partial charge in [0.15, 0.2) is 0 Å². The van der Waals surface area contributed by atoms with Gasteiger partial charge < -0.3 is 9.64 Å². The fourth-order valence-electron chi connectivity index (χ4n) is 2.06. The number of hydrogen-bond acceptors (Lipinski definition) is 3. The minimum absolute atomic E-state index is 0.253. The Kier molecular flexibility index (Phi) is 3.57. The lowest BCUT2D eigenvalue weighted by atomic mass is 9.99. The van der Waals surface area contributed by atoms with E-state index in [0.717, 1.165) is 15.0 Å². The third-order valence-corrected chi connectivity index (χ3v) is 3.73. The van der Waals surface area contributed by atoms with Crippen LogP contribution in [0.3, 0.4) is 0 Å². The summed E-state index contributed by atoms with van der Waals surface area (Å²) in [5.74, 6) is 0.261. The van der Waals surface area contributed by atoms with E-state index in [2.05, 4.69) is 39.7 Å². The van der Waals surface area contributed by atoms with Crippen molar-refractivity contribution in [3.8, 4) is 0 Å². The molecule has 1 N–H and O–H groups in total. The Morgan fingerprint density at radius 2 is 2.22 bits per heavy atom. The minimum Gasteiger partial charge on any atom is -0.444 e. The highest BCUT2D eigenvalue weighted by Crippen LogP contribution is 2.29. The van der Waals surface area contributed by atoms with Crippen molar-refractivity contribution in [1.29, 1.82) is 0 Å². The number of carbonyl (C=O) groups excluding carboxylic acids is 1. The van der Waals surface area contributed by atoms with E-state index in [9.17, 15) is 4.79 Å². The van der Waals surface area contributed by atoms with Crippen LogP contribution >= 0.6 is 22.6 Å². The summed E-state index contributed by atoms with van der Waals surface area (Å²) in [6.45, 7) is 8.97. The monoisotopic (exact) mass is 363 g/mol. The number of nitrogens with zero attached hydrogens (tertiary/aromatic N) is 2. The average Bonchev–Trinajstić information content (AvgIpc) is 2.58. The molecular weight excluding hydrogens is 345 g/mol. The Bertz CT molecular complexity index is 464. The molecule has 100 valence electrons. The number of halogens is 1. The van der Waals surface area contributed by atoms with Crippen molar-refractivity contribution in [2.45, 2.75) is 45.8 Å². The van der Waals surface area contributed by atoms with Gasteiger partial charge in [-0.15, -0.1) is 0 Å². The zero-order valence-electron chi connectivity index (χ0n) is 11.1. The maximum atomic E-state index is 12.1. The summed E-state index contributed by atoms with van der Waals surface area (Å²) in [4.78, 5) is 13.8. The number of aromatic nitrogens is 2. The van der Waals surface area contributed by atoms with Crippen molar-refractivity contribution >= 4 is 28.7 Å². The smallest absolute Gasteiger partial charge is 0.410 e. The molecule has 18 heavy (non-hydrogen) atoms. The molecular formula is C12H18IN3O2. The first kappa shape index (κ1) is 13.6. The number of fused-ring (bicyclic) bond motifs is 1. The molecule has 1 amide bonds. The van der Waals surface area contributed by atoms with Gasteiger partial charge in [-0.1, -0.05) is 6.92 Å². The minimum atomic E-state index is -0.454. The van der Waals surface area contributed by atoms with Gasteiger partial charge in [0.1, 0.15) is 9.30 Å². The molecule has 5 nitrogen and oxygen atoms in total. The van der Waals surface area contributed by atoms with Crippen LogP contribution in [0.5, 0.6) is 0 Å². The summed E-state index contributed by atoms with van der Waals surface area (Å²) in [5, 5.41) is 7.25. The molecule has 0 bridgehead atoms. The highest BCUT2D eigenvalue weighted by molar-refractivity contribution is 14.1. The molecule has 1 aliphatic heterocycles. The Labute approximate surface area is 120 Å². The zero-order chi connectivity index (χ0) is 13.5. The van der Waals surface area contributed by atoms with Crippen LogP contribution in [0.2, 0.25) is 0 Å². The van der Waals surface area contributed by atoms with E-state index in [-0.39, 0.29) is 12.0 Å². The van der Waals surface area contributed by atoms with Crippen molar-refractivity contribution in [2.75, 3.05) is 6.54 Å². The largest absolute Gasteiger partial charge is 0.444 e. The number of ether oxygens (including phenoxy) is 1. The van der Waals surface area contributed by atoms with Gasteiger partial charge in [0, 0.05) is 23.7 Å². The van der Waals surface area contributed by atoms with Crippen LogP contribution in [0, 0.1) is 3.70 Å². The van der Waals surface area contributed by atoms with Crippen LogP contribution < -0.4 is 0 Å². The number of carbonyl (C=O) groups is 1. The van der Waals surface area contributed by atoms with Crippen LogP contribution in [-0.2, 0) is 11.3 Å². The number of amides is 1. The van der Waals surface area contributed by atoms with E-state index in [0.29, 0.717) is 13.1 Å². The SMILES string of the molecule is CC1CN(C(=O)OC(C)(C)C)Cc2c(I)n[nH]c21. The van der Waals surface area contributed by atoms with Gasteiger partial charge in [-0.25, -0.2) is 4.79 Å². The molecule has 2 rings (SSSR count). The van der Waals surface area contributed by atoms with Crippen molar-refractivity contribution in [2.24, 2.45) is 0 Å². The highest BCUT2D eigenvalue weighted by atomic mass is 127. The summed E-state index contributed by atoms with van der Waals surface area (Å²) in [6.07, 6.45) is -0.253. The fourth-order valence-corrected chi connectivity index (χ4v) is 2.64. The standard InChI is InChI=1S/C12H18IN3O2/c1-7-5-16(11(17)18-12(2,3)4)6-8-9(7)14-15-10(8)13/h7H,5-6H2,1-4H3,(H,14,15). The lowest BCUT2D eigenvalue weighted by Gasteiger charge is -2.32. The Morgan fingerprint density at radius 3 is 2.83 bits per heavy atom. The Balaban J connectivity index is 2.15. The van der Waals surface area contributed by atoms with Crippen LogP contribution in [0.1, 0.15) is 44.9 Å². The van der Waals surface area contributed by atoms with E-state index in [4.69, 9.17) is 4.74 Å². The predicted molar refractivity (Wildman–Crippen MR) is 76.4 cm³/mol. The molecule has 1 atom stereocenters. The molecule has 1 aromatic heterocycles. The first-order valence-electron chi connectivity index (χ1n) is 5.98. The molecule has 0 saturated carbocycles. The maximum absolute atomic E-state index is 12.1. The third-order valence-electron chi connectivity index (χ3n) is 2.84. The first-order valence-corrected chi connectivity index (χ1v) is 7.06. The summed E-state index contributed by atoms with van der Waals surface area (Å²) < 4.78 is 6.34. The molecule has 0 fully saturated rings. The molecule has 6 heteroatoms. The third kappa shape index (κ3) is 2.78. The van der Waals surface area contributed by atoms with Gasteiger partial charge in [0.2, 0.25) is 0 Å². The topological polar surface area (TPSA) is 58.2 Å². The van der Waals surface area contributed by atoms with Gasteiger partial charge >= 0.3 is 6.09 Å². The van der Waals surface area contributed by atoms with Gasteiger partial charge in [-0.3, -0.25) is 5.10 Å². The summed E-state index contributed by atoms with van der Waals surface area (Å²) in [6, 6.07) is 0. The number of nitrogens with one attached hydrogen (secondary N) is 1.